The summed E-state index contributed by atoms with van der Waals surface area (Å²) in [6, 6.07) is 1.89. The smallest absolute Gasteiger partial charge is 0.326 e. The minimum atomic E-state index is -0.479. The number of H-pyrrole nitrogens is 2. The van der Waals surface area contributed by atoms with E-state index in [4.69, 9.17) is 14.7 Å². The Kier molecular flexibility index (Phi) is 4.52. The molecule has 152 valence electrons. The summed E-state index contributed by atoms with van der Waals surface area (Å²) in [4.78, 5) is 25.7. The summed E-state index contributed by atoms with van der Waals surface area (Å²) in [7, 11) is 0. The molecule has 0 bridgehead atoms. The van der Waals surface area contributed by atoms with Crippen molar-refractivity contribution in [2.75, 3.05) is 38.3 Å². The lowest BCUT2D eigenvalue weighted by molar-refractivity contribution is 0.0495. The summed E-state index contributed by atoms with van der Waals surface area (Å²) in [5, 5.41) is 17.0. The van der Waals surface area contributed by atoms with Gasteiger partial charge in [0.15, 0.2) is 11.1 Å². The first kappa shape index (κ1) is 17.9. The number of rotatable bonds is 5. The summed E-state index contributed by atoms with van der Waals surface area (Å²) < 4.78 is 7.08. The van der Waals surface area contributed by atoms with Crippen molar-refractivity contribution in [1.82, 2.24) is 29.6 Å². The van der Waals surface area contributed by atoms with Crippen LogP contribution < -0.4 is 21.8 Å². The number of hydrogen-bond acceptors (Lipinski definition) is 8. The topological polar surface area (TPSA) is 136 Å². The molecule has 1 saturated heterocycles. The van der Waals surface area contributed by atoms with Crippen LogP contribution in [0.2, 0.25) is 0 Å². The predicted molar refractivity (Wildman–Crippen MR) is 104 cm³/mol. The minimum Gasteiger partial charge on any atom is -0.493 e. The SMILES string of the molecule is O=c1[nH]c(O)c(/C=c2\cnn3c(=NCC4CC4)cc(NN4CCOCC4)nc23)[nH]1. The number of hydrogen-bond donors (Lipinski definition) is 4. The molecule has 0 unspecified atom stereocenters. The number of aromatic amines is 2. The van der Waals surface area contributed by atoms with Crippen molar-refractivity contribution in [3.05, 3.63) is 39.1 Å². The van der Waals surface area contributed by atoms with Crippen LogP contribution in [0.4, 0.5) is 5.82 Å². The van der Waals surface area contributed by atoms with Gasteiger partial charge in [-0.3, -0.25) is 9.98 Å². The van der Waals surface area contributed by atoms with Gasteiger partial charge in [-0.2, -0.15) is 9.61 Å². The van der Waals surface area contributed by atoms with Crippen molar-refractivity contribution in [3.8, 4) is 5.88 Å². The number of aromatic hydroxyl groups is 1. The second kappa shape index (κ2) is 7.33. The molecule has 11 nitrogen and oxygen atoms in total. The number of hydrazine groups is 1. The standard InChI is InChI=1S/C18H22N8O3/c27-17-13(21-18(28)23-17)7-12-10-20-26-15(19-9-11-1-2-11)8-14(22-16(12)26)24-25-3-5-29-6-4-25/h7-8,10-11,24,27H,1-6,9H2,(H2,21,23,28)/b12-7+,19-15?. The van der Waals surface area contributed by atoms with E-state index in [9.17, 15) is 9.90 Å². The number of aromatic nitrogens is 5. The lowest BCUT2D eigenvalue weighted by Gasteiger charge is -2.27. The number of imidazole rings is 1. The molecular weight excluding hydrogens is 376 g/mol. The van der Waals surface area contributed by atoms with Gasteiger partial charge in [-0.05, 0) is 24.8 Å². The first-order valence-corrected chi connectivity index (χ1v) is 9.67. The third-order valence-corrected chi connectivity index (χ3v) is 5.01. The van der Waals surface area contributed by atoms with E-state index >= 15 is 0 Å². The highest BCUT2D eigenvalue weighted by molar-refractivity contribution is 5.57. The van der Waals surface area contributed by atoms with Crippen LogP contribution in [0.5, 0.6) is 5.88 Å². The largest absolute Gasteiger partial charge is 0.493 e. The monoisotopic (exact) mass is 398 g/mol. The second-order valence-corrected chi connectivity index (χ2v) is 7.32. The molecule has 0 aromatic carbocycles. The highest BCUT2D eigenvalue weighted by atomic mass is 16.5. The Hall–Kier alpha value is -3.18. The quantitative estimate of drug-likeness (QED) is 0.431. The lowest BCUT2D eigenvalue weighted by Crippen LogP contribution is -2.40. The molecule has 3 aromatic heterocycles. The van der Waals surface area contributed by atoms with Crippen LogP contribution in [0.3, 0.4) is 0 Å². The van der Waals surface area contributed by atoms with E-state index in [0.29, 0.717) is 41.3 Å². The molecule has 2 fully saturated rings. The highest BCUT2D eigenvalue weighted by Gasteiger charge is 2.20. The summed E-state index contributed by atoms with van der Waals surface area (Å²) in [5.74, 6) is 1.09. The first-order valence-electron chi connectivity index (χ1n) is 9.67. The van der Waals surface area contributed by atoms with Crippen LogP contribution in [0.15, 0.2) is 22.1 Å². The molecule has 29 heavy (non-hydrogen) atoms. The van der Waals surface area contributed by atoms with Crippen LogP contribution in [-0.2, 0) is 4.74 Å². The summed E-state index contributed by atoms with van der Waals surface area (Å²) in [6.07, 6.45) is 5.71. The van der Waals surface area contributed by atoms with E-state index in [2.05, 4.69) is 25.5 Å². The van der Waals surface area contributed by atoms with Crippen LogP contribution >= 0.6 is 0 Å². The third kappa shape index (κ3) is 3.87. The zero-order chi connectivity index (χ0) is 19.8. The van der Waals surface area contributed by atoms with Gasteiger partial charge in [-0.25, -0.2) is 14.8 Å². The molecule has 1 saturated carbocycles. The molecular formula is C18H22N8O3. The van der Waals surface area contributed by atoms with Gasteiger partial charge in [-0.1, -0.05) is 0 Å². The van der Waals surface area contributed by atoms with Gasteiger partial charge in [0.2, 0.25) is 5.88 Å². The Morgan fingerprint density at radius 3 is 2.90 bits per heavy atom. The highest BCUT2D eigenvalue weighted by Crippen LogP contribution is 2.28. The van der Waals surface area contributed by atoms with Crippen molar-refractivity contribution in [1.29, 1.82) is 0 Å². The van der Waals surface area contributed by atoms with Crippen molar-refractivity contribution >= 4 is 17.5 Å². The first-order chi connectivity index (χ1) is 14.2. The number of nitrogens with one attached hydrogen (secondary N) is 3. The maximum absolute atomic E-state index is 11.4. The number of fused-ring (bicyclic) bond motifs is 1. The van der Waals surface area contributed by atoms with Gasteiger partial charge in [0.05, 0.1) is 19.4 Å². The predicted octanol–water partition coefficient (Wildman–Crippen LogP) is -1.03. The molecule has 0 radical (unpaired) electrons. The molecule has 1 aliphatic carbocycles. The van der Waals surface area contributed by atoms with Crippen LogP contribution in [0, 0.1) is 5.92 Å². The van der Waals surface area contributed by atoms with Crippen molar-refractivity contribution in [2.24, 2.45) is 10.9 Å². The fourth-order valence-corrected chi connectivity index (χ4v) is 3.24. The van der Waals surface area contributed by atoms with Crippen LogP contribution in [0.25, 0.3) is 11.7 Å². The Bertz CT molecular complexity index is 1200. The van der Waals surface area contributed by atoms with Crippen molar-refractivity contribution in [3.63, 3.8) is 0 Å². The number of ether oxygens (including phenoxy) is 1. The molecule has 1 aliphatic heterocycles. The fourth-order valence-electron chi connectivity index (χ4n) is 3.24. The number of nitrogens with zero attached hydrogens (tertiary/aromatic N) is 5. The Balaban J connectivity index is 1.60. The van der Waals surface area contributed by atoms with E-state index in [0.717, 1.165) is 19.6 Å². The zero-order valence-electron chi connectivity index (χ0n) is 15.8. The van der Waals surface area contributed by atoms with Crippen molar-refractivity contribution < 1.29 is 9.84 Å². The van der Waals surface area contributed by atoms with E-state index in [1.807, 2.05) is 6.07 Å². The lowest BCUT2D eigenvalue weighted by atomic mass is 10.3. The summed E-state index contributed by atoms with van der Waals surface area (Å²) in [6.45, 7) is 3.62. The molecule has 5 rings (SSSR count). The number of anilines is 1. The Morgan fingerprint density at radius 2 is 2.17 bits per heavy atom. The molecule has 2 aliphatic rings. The van der Waals surface area contributed by atoms with Gasteiger partial charge >= 0.3 is 5.69 Å². The minimum absolute atomic E-state index is 0.226. The van der Waals surface area contributed by atoms with Gasteiger partial charge in [0.1, 0.15) is 11.5 Å². The van der Waals surface area contributed by atoms with E-state index in [1.165, 1.54) is 12.8 Å². The van der Waals surface area contributed by atoms with Gasteiger partial charge in [0, 0.05) is 30.9 Å². The molecule has 4 N–H and O–H groups in total. The van der Waals surface area contributed by atoms with Crippen LogP contribution in [-0.4, -0.2) is 67.5 Å². The molecule has 0 atom stereocenters. The van der Waals surface area contributed by atoms with E-state index in [-0.39, 0.29) is 11.6 Å². The van der Waals surface area contributed by atoms with Crippen molar-refractivity contribution in [2.45, 2.75) is 12.8 Å². The normalized spacial score (nSPS) is 19.3. The van der Waals surface area contributed by atoms with Gasteiger partial charge in [0.25, 0.3) is 0 Å². The van der Waals surface area contributed by atoms with Crippen LogP contribution in [0.1, 0.15) is 18.5 Å². The number of morpholine rings is 1. The average Bonchev–Trinajstić information content (AvgIpc) is 3.38. The maximum atomic E-state index is 11.4. The van der Waals surface area contributed by atoms with E-state index < -0.39 is 5.69 Å². The molecule has 0 spiro atoms. The molecule has 3 aromatic rings. The molecule has 0 amide bonds. The van der Waals surface area contributed by atoms with E-state index in [1.54, 1.807) is 16.8 Å². The summed E-state index contributed by atoms with van der Waals surface area (Å²) >= 11 is 0. The maximum Gasteiger partial charge on any atom is 0.326 e. The third-order valence-electron chi connectivity index (χ3n) is 5.01. The second-order valence-electron chi connectivity index (χ2n) is 7.32. The Labute approximate surface area is 164 Å². The Morgan fingerprint density at radius 1 is 1.34 bits per heavy atom. The van der Waals surface area contributed by atoms with Gasteiger partial charge < -0.3 is 20.3 Å². The average molecular weight is 398 g/mol. The molecule has 11 heteroatoms. The molecule has 4 heterocycles. The fraction of sp³-hybridized carbons (Fsp3) is 0.444. The summed E-state index contributed by atoms with van der Waals surface area (Å²) in [5.41, 5.74) is 4.42. The zero-order valence-corrected chi connectivity index (χ0v) is 15.8. The van der Waals surface area contributed by atoms with Gasteiger partial charge in [-0.15, -0.1) is 0 Å².